The molecule has 0 saturated carbocycles. The van der Waals surface area contributed by atoms with Gasteiger partial charge in [0.1, 0.15) is 10.6 Å². The molecule has 10 nitrogen and oxygen atoms in total. The van der Waals surface area contributed by atoms with Gasteiger partial charge in [-0.25, -0.2) is 4.98 Å². The molecule has 2 atom stereocenters. The van der Waals surface area contributed by atoms with E-state index in [2.05, 4.69) is 15.3 Å². The average molecular weight is 600 g/mol. The van der Waals surface area contributed by atoms with Gasteiger partial charge in [0.15, 0.2) is 11.5 Å². The number of benzene rings is 2. The molecular formula is C32H33N5O5S. The van der Waals surface area contributed by atoms with Crippen LogP contribution in [0.4, 0.5) is 0 Å². The number of aromatic nitrogens is 2. The molecule has 1 spiro atoms. The predicted molar refractivity (Wildman–Crippen MR) is 162 cm³/mol. The Balaban J connectivity index is 1.18. The summed E-state index contributed by atoms with van der Waals surface area (Å²) in [5.74, 6) is 0.734. The van der Waals surface area contributed by atoms with Crippen molar-refractivity contribution in [3.05, 3.63) is 75.4 Å². The summed E-state index contributed by atoms with van der Waals surface area (Å²) in [4.78, 5) is 52.5. The Morgan fingerprint density at radius 1 is 1.07 bits per heavy atom. The second kappa shape index (κ2) is 10.7. The van der Waals surface area contributed by atoms with Crippen molar-refractivity contribution in [1.82, 2.24) is 25.1 Å². The van der Waals surface area contributed by atoms with Crippen molar-refractivity contribution in [3.63, 3.8) is 0 Å². The number of thiazole rings is 1. The third kappa shape index (κ3) is 4.91. The highest BCUT2D eigenvalue weighted by atomic mass is 32.1. The number of fused-ring (bicyclic) bond motifs is 10. The standard InChI is InChI=1S/C32H33N5O5S/c1-19-29(43-20(2)34-19)31(40)37-14-23-22-8-5-10-26-28(22)42-18-32(23,17-37)16-33-27(38)15-36(11-6-12-41-26)30(39)25-13-21-7-3-4-9-24(21)35-25/h3-5,7-10,13,23,35H,6,11-12,14-18H2,1-2H3,(H,33,38)/t23-,32+/m0/s1. The summed E-state index contributed by atoms with van der Waals surface area (Å²) < 4.78 is 12.6. The maximum Gasteiger partial charge on any atom is 0.270 e. The zero-order valence-corrected chi connectivity index (χ0v) is 25.0. The highest BCUT2D eigenvalue weighted by Crippen LogP contribution is 2.52. The average Bonchev–Trinajstić information content (AvgIpc) is 3.71. The van der Waals surface area contributed by atoms with E-state index in [1.54, 1.807) is 4.90 Å². The summed E-state index contributed by atoms with van der Waals surface area (Å²) in [5.41, 5.74) is 2.48. The Morgan fingerprint density at radius 3 is 2.74 bits per heavy atom. The molecule has 4 aromatic rings. The summed E-state index contributed by atoms with van der Waals surface area (Å²) in [6.45, 7) is 5.93. The lowest BCUT2D eigenvalue weighted by Crippen LogP contribution is -2.50. The number of ether oxygens (including phenoxy) is 2. The highest BCUT2D eigenvalue weighted by Gasteiger charge is 2.53. The van der Waals surface area contributed by atoms with Crippen LogP contribution in [0.2, 0.25) is 0 Å². The van der Waals surface area contributed by atoms with Crippen molar-refractivity contribution in [1.29, 1.82) is 0 Å². The normalized spacial score (nSPS) is 22.0. The molecular weight excluding hydrogens is 566 g/mol. The third-order valence-electron chi connectivity index (χ3n) is 8.77. The number of H-pyrrole nitrogens is 1. The summed E-state index contributed by atoms with van der Waals surface area (Å²) >= 11 is 1.41. The fourth-order valence-electron chi connectivity index (χ4n) is 6.65. The lowest BCUT2D eigenvalue weighted by Gasteiger charge is -2.40. The number of aryl methyl sites for hydroxylation is 2. The smallest absolute Gasteiger partial charge is 0.270 e. The first kappa shape index (κ1) is 27.5. The number of para-hydroxylation sites is 2. The molecule has 4 bridgehead atoms. The zero-order valence-electron chi connectivity index (χ0n) is 24.1. The number of hydrogen-bond acceptors (Lipinski definition) is 7. The van der Waals surface area contributed by atoms with Gasteiger partial charge in [0.05, 0.1) is 30.5 Å². The van der Waals surface area contributed by atoms with Gasteiger partial charge in [0.25, 0.3) is 11.8 Å². The van der Waals surface area contributed by atoms with Gasteiger partial charge in [-0.3, -0.25) is 14.4 Å². The number of nitrogens with zero attached hydrogens (tertiary/aromatic N) is 3. The second-order valence-electron chi connectivity index (χ2n) is 11.7. The number of likely N-dealkylation sites (tertiary alicyclic amines) is 1. The van der Waals surface area contributed by atoms with E-state index in [4.69, 9.17) is 9.47 Å². The summed E-state index contributed by atoms with van der Waals surface area (Å²) in [5, 5.41) is 4.90. The van der Waals surface area contributed by atoms with Crippen LogP contribution in [0.25, 0.3) is 10.9 Å². The van der Waals surface area contributed by atoms with Gasteiger partial charge in [0, 0.05) is 54.0 Å². The second-order valence-corrected chi connectivity index (χ2v) is 12.9. The molecule has 6 heterocycles. The first-order valence-electron chi connectivity index (χ1n) is 14.6. The highest BCUT2D eigenvalue weighted by molar-refractivity contribution is 7.13. The molecule has 4 aliphatic heterocycles. The number of nitrogens with one attached hydrogen (secondary N) is 2. The van der Waals surface area contributed by atoms with E-state index in [0.29, 0.717) is 67.9 Å². The van der Waals surface area contributed by atoms with Gasteiger partial charge in [-0.1, -0.05) is 30.3 Å². The number of rotatable bonds is 2. The molecule has 222 valence electrons. The molecule has 8 rings (SSSR count). The summed E-state index contributed by atoms with van der Waals surface area (Å²) in [6.07, 6.45) is 0.534. The fraction of sp³-hybridized carbons (Fsp3) is 0.375. The maximum absolute atomic E-state index is 13.7. The van der Waals surface area contributed by atoms with Crippen LogP contribution in [0.15, 0.2) is 48.5 Å². The number of amides is 3. The zero-order chi connectivity index (χ0) is 29.7. The Labute approximate surface area is 253 Å². The van der Waals surface area contributed by atoms with Crippen molar-refractivity contribution in [2.24, 2.45) is 5.41 Å². The van der Waals surface area contributed by atoms with Crippen LogP contribution in [-0.4, -0.2) is 83.4 Å². The number of carbonyl (C=O) groups is 3. The maximum atomic E-state index is 13.7. The Kier molecular flexibility index (Phi) is 6.84. The first-order chi connectivity index (χ1) is 20.8. The van der Waals surface area contributed by atoms with Gasteiger partial charge in [0.2, 0.25) is 5.91 Å². The molecule has 3 amide bonds. The van der Waals surface area contributed by atoms with Crippen molar-refractivity contribution < 1.29 is 23.9 Å². The lowest BCUT2D eigenvalue weighted by atomic mass is 9.73. The molecule has 2 aromatic carbocycles. The van der Waals surface area contributed by atoms with Gasteiger partial charge in [-0.05, 0) is 38.5 Å². The summed E-state index contributed by atoms with van der Waals surface area (Å²) in [7, 11) is 0. The van der Waals surface area contributed by atoms with E-state index in [1.807, 2.05) is 67.3 Å². The topological polar surface area (TPSA) is 117 Å². The van der Waals surface area contributed by atoms with Crippen LogP contribution in [0, 0.1) is 19.3 Å². The van der Waals surface area contributed by atoms with Gasteiger partial charge >= 0.3 is 0 Å². The van der Waals surface area contributed by atoms with Crippen molar-refractivity contribution in [3.8, 4) is 11.5 Å². The van der Waals surface area contributed by atoms with Crippen molar-refractivity contribution in [2.75, 3.05) is 45.9 Å². The van der Waals surface area contributed by atoms with Crippen LogP contribution in [0.1, 0.15) is 48.8 Å². The largest absolute Gasteiger partial charge is 0.490 e. The minimum atomic E-state index is -0.541. The molecule has 1 fully saturated rings. The Hall–Kier alpha value is -4.38. The van der Waals surface area contributed by atoms with Gasteiger partial charge in [-0.2, -0.15) is 0 Å². The lowest BCUT2D eigenvalue weighted by molar-refractivity contribution is -0.122. The first-order valence-corrected chi connectivity index (χ1v) is 15.4. The molecule has 11 heteroatoms. The van der Waals surface area contributed by atoms with E-state index in [9.17, 15) is 14.4 Å². The third-order valence-corrected chi connectivity index (χ3v) is 9.83. The van der Waals surface area contributed by atoms with Crippen LogP contribution < -0.4 is 14.8 Å². The molecule has 4 aliphatic rings. The van der Waals surface area contributed by atoms with Crippen molar-refractivity contribution in [2.45, 2.75) is 26.2 Å². The molecule has 2 N–H and O–H groups in total. The Bertz CT molecular complexity index is 1710. The predicted octanol–water partition coefficient (Wildman–Crippen LogP) is 3.90. The molecule has 2 aromatic heterocycles. The van der Waals surface area contributed by atoms with E-state index in [1.165, 1.54) is 11.3 Å². The molecule has 43 heavy (non-hydrogen) atoms. The van der Waals surface area contributed by atoms with E-state index in [-0.39, 0.29) is 30.2 Å². The SMILES string of the molecule is Cc1nc(C)c(C(=O)N2C[C@H]3c4cccc5c4OC[C@@]3(CNC(=O)CN(C(=O)c3cc4ccccc4[nH]3)CCCO5)C2)s1. The molecule has 1 saturated heterocycles. The monoisotopic (exact) mass is 599 g/mol. The van der Waals surface area contributed by atoms with Crippen molar-refractivity contribution >= 4 is 40.0 Å². The van der Waals surface area contributed by atoms with E-state index < -0.39 is 5.41 Å². The van der Waals surface area contributed by atoms with E-state index in [0.717, 1.165) is 27.2 Å². The van der Waals surface area contributed by atoms with Crippen LogP contribution in [0.5, 0.6) is 11.5 Å². The quantitative estimate of drug-likeness (QED) is 0.361. The molecule has 0 unspecified atom stereocenters. The molecule has 0 aliphatic carbocycles. The fourth-order valence-corrected chi connectivity index (χ4v) is 7.53. The minimum Gasteiger partial charge on any atom is -0.490 e. The van der Waals surface area contributed by atoms with Gasteiger partial charge in [-0.15, -0.1) is 11.3 Å². The van der Waals surface area contributed by atoms with Crippen LogP contribution >= 0.6 is 11.3 Å². The minimum absolute atomic E-state index is 0.0508. The van der Waals surface area contributed by atoms with Crippen LogP contribution in [-0.2, 0) is 4.79 Å². The number of carbonyl (C=O) groups excluding carboxylic acids is 3. The number of aromatic amines is 1. The van der Waals surface area contributed by atoms with Gasteiger partial charge < -0.3 is 29.6 Å². The Morgan fingerprint density at radius 2 is 1.93 bits per heavy atom. The number of hydrogen-bond donors (Lipinski definition) is 2. The summed E-state index contributed by atoms with van der Waals surface area (Å²) in [6, 6.07) is 15.4. The van der Waals surface area contributed by atoms with E-state index >= 15 is 0 Å². The molecule has 0 radical (unpaired) electrons. The van der Waals surface area contributed by atoms with Crippen LogP contribution in [0.3, 0.4) is 0 Å².